The molecule has 0 saturated heterocycles. The van der Waals surface area contributed by atoms with Gasteiger partial charge in [-0.3, -0.25) is 0 Å². The normalized spacial score (nSPS) is 10.9. The van der Waals surface area contributed by atoms with Gasteiger partial charge in [-0.25, -0.2) is 14.5 Å². The minimum Gasteiger partial charge on any atom is -0.385 e. The van der Waals surface area contributed by atoms with Gasteiger partial charge in [-0.1, -0.05) is 18.2 Å². The van der Waals surface area contributed by atoms with Gasteiger partial charge in [0, 0.05) is 36.7 Å². The summed E-state index contributed by atoms with van der Waals surface area (Å²) in [5, 5.41) is 11.4. The van der Waals surface area contributed by atoms with E-state index in [0.29, 0.717) is 5.95 Å². The standard InChI is InChI=1S/C21H22N6/c1-3-22-16-9-7-8-15(14-16)20-19(18-10-5-6-13-27(18)26-20)17-11-12-24-21(25-17)23-4-2/h5-14,22H,3-4H2,1-2H3,(H,23,24,25). The second-order valence-corrected chi connectivity index (χ2v) is 6.16. The zero-order valence-electron chi connectivity index (χ0n) is 15.5. The van der Waals surface area contributed by atoms with Crippen LogP contribution in [0.15, 0.2) is 60.9 Å². The van der Waals surface area contributed by atoms with Crippen LogP contribution >= 0.6 is 0 Å². The van der Waals surface area contributed by atoms with E-state index in [0.717, 1.165) is 46.8 Å². The maximum atomic E-state index is 4.84. The summed E-state index contributed by atoms with van der Waals surface area (Å²) in [4.78, 5) is 9.01. The summed E-state index contributed by atoms with van der Waals surface area (Å²) in [5.74, 6) is 0.623. The van der Waals surface area contributed by atoms with E-state index in [-0.39, 0.29) is 0 Å². The highest BCUT2D eigenvalue weighted by molar-refractivity contribution is 5.91. The van der Waals surface area contributed by atoms with E-state index in [1.807, 2.05) is 41.9 Å². The summed E-state index contributed by atoms with van der Waals surface area (Å²) >= 11 is 0. The van der Waals surface area contributed by atoms with Crippen LogP contribution in [0.5, 0.6) is 0 Å². The maximum absolute atomic E-state index is 4.84. The van der Waals surface area contributed by atoms with Crippen LogP contribution in [0.3, 0.4) is 0 Å². The number of nitrogens with zero attached hydrogens (tertiary/aromatic N) is 4. The van der Waals surface area contributed by atoms with Gasteiger partial charge in [0.2, 0.25) is 5.95 Å². The summed E-state index contributed by atoms with van der Waals surface area (Å²) < 4.78 is 1.90. The Morgan fingerprint density at radius 3 is 2.70 bits per heavy atom. The quantitative estimate of drug-likeness (QED) is 0.537. The molecule has 6 heteroatoms. The van der Waals surface area contributed by atoms with E-state index in [4.69, 9.17) is 10.1 Å². The molecule has 3 heterocycles. The van der Waals surface area contributed by atoms with Crippen molar-refractivity contribution < 1.29 is 0 Å². The Morgan fingerprint density at radius 1 is 0.963 bits per heavy atom. The van der Waals surface area contributed by atoms with Crippen molar-refractivity contribution in [2.45, 2.75) is 13.8 Å². The van der Waals surface area contributed by atoms with Crippen LogP contribution in [0.4, 0.5) is 11.6 Å². The van der Waals surface area contributed by atoms with Crippen LogP contribution in [0, 0.1) is 0 Å². The number of hydrogen-bond acceptors (Lipinski definition) is 5. The monoisotopic (exact) mass is 358 g/mol. The number of nitrogens with one attached hydrogen (secondary N) is 2. The maximum Gasteiger partial charge on any atom is 0.223 e. The lowest BCUT2D eigenvalue weighted by molar-refractivity contribution is 0.966. The molecule has 0 spiro atoms. The van der Waals surface area contributed by atoms with E-state index in [1.165, 1.54) is 0 Å². The van der Waals surface area contributed by atoms with Crippen LogP contribution in [0.25, 0.3) is 28.0 Å². The molecule has 27 heavy (non-hydrogen) atoms. The second kappa shape index (κ2) is 7.45. The van der Waals surface area contributed by atoms with E-state index >= 15 is 0 Å². The molecule has 0 amide bonds. The van der Waals surface area contributed by atoms with Crippen LogP contribution in [-0.4, -0.2) is 32.7 Å². The molecule has 4 rings (SSSR count). The molecule has 6 nitrogen and oxygen atoms in total. The molecular formula is C21H22N6. The number of hydrogen-bond donors (Lipinski definition) is 2. The highest BCUT2D eigenvalue weighted by atomic mass is 15.2. The molecule has 0 radical (unpaired) electrons. The van der Waals surface area contributed by atoms with Crippen LogP contribution in [0.1, 0.15) is 13.8 Å². The zero-order valence-corrected chi connectivity index (χ0v) is 15.5. The fourth-order valence-corrected chi connectivity index (χ4v) is 3.18. The molecule has 0 fully saturated rings. The van der Waals surface area contributed by atoms with Gasteiger partial charge in [0.25, 0.3) is 0 Å². The SMILES string of the molecule is CCNc1cccc(-c2nn3ccccc3c2-c2ccnc(NCC)n2)c1. The Balaban J connectivity index is 1.93. The first-order valence-corrected chi connectivity index (χ1v) is 9.19. The van der Waals surface area contributed by atoms with Gasteiger partial charge in [0.1, 0.15) is 5.69 Å². The highest BCUT2D eigenvalue weighted by Gasteiger charge is 2.18. The van der Waals surface area contributed by atoms with Crippen molar-refractivity contribution in [2.75, 3.05) is 23.7 Å². The van der Waals surface area contributed by atoms with Crippen molar-refractivity contribution in [3.05, 3.63) is 60.9 Å². The summed E-state index contributed by atoms with van der Waals surface area (Å²) in [6, 6.07) is 16.3. The third-order valence-corrected chi connectivity index (χ3v) is 4.30. The highest BCUT2D eigenvalue weighted by Crippen LogP contribution is 2.35. The molecular weight excluding hydrogens is 336 g/mol. The molecule has 0 saturated carbocycles. The van der Waals surface area contributed by atoms with Gasteiger partial charge in [-0.15, -0.1) is 0 Å². The number of anilines is 2. The molecule has 0 aliphatic heterocycles. The van der Waals surface area contributed by atoms with Gasteiger partial charge in [0.15, 0.2) is 0 Å². The summed E-state index contributed by atoms with van der Waals surface area (Å²) in [6.07, 6.45) is 3.74. The van der Waals surface area contributed by atoms with Gasteiger partial charge in [0.05, 0.1) is 16.8 Å². The van der Waals surface area contributed by atoms with Crippen LogP contribution in [-0.2, 0) is 0 Å². The van der Waals surface area contributed by atoms with Gasteiger partial charge >= 0.3 is 0 Å². The third-order valence-electron chi connectivity index (χ3n) is 4.30. The number of rotatable bonds is 6. The largest absolute Gasteiger partial charge is 0.385 e. The molecule has 136 valence electrons. The number of pyridine rings is 1. The van der Waals surface area contributed by atoms with Crippen molar-refractivity contribution in [2.24, 2.45) is 0 Å². The Labute approximate surface area is 158 Å². The lowest BCUT2D eigenvalue weighted by Crippen LogP contribution is -2.02. The lowest BCUT2D eigenvalue weighted by atomic mass is 10.0. The van der Waals surface area contributed by atoms with Crippen molar-refractivity contribution in [1.82, 2.24) is 19.6 Å². The predicted octanol–water partition coefficient (Wildman–Crippen LogP) is 4.32. The second-order valence-electron chi connectivity index (χ2n) is 6.16. The fraction of sp³-hybridized carbons (Fsp3) is 0.190. The predicted molar refractivity (Wildman–Crippen MR) is 110 cm³/mol. The first kappa shape index (κ1) is 17.0. The topological polar surface area (TPSA) is 67.1 Å². The average Bonchev–Trinajstić information content (AvgIpc) is 3.09. The summed E-state index contributed by atoms with van der Waals surface area (Å²) in [7, 11) is 0. The molecule has 4 aromatic rings. The van der Waals surface area contributed by atoms with Gasteiger partial charge in [-0.05, 0) is 44.2 Å². The average molecular weight is 358 g/mol. The number of fused-ring (bicyclic) bond motifs is 1. The molecule has 2 N–H and O–H groups in total. The van der Waals surface area contributed by atoms with Crippen molar-refractivity contribution in [3.8, 4) is 22.5 Å². The van der Waals surface area contributed by atoms with Crippen LogP contribution < -0.4 is 10.6 Å². The van der Waals surface area contributed by atoms with Gasteiger partial charge < -0.3 is 10.6 Å². The first-order valence-electron chi connectivity index (χ1n) is 9.19. The minimum atomic E-state index is 0.623. The van der Waals surface area contributed by atoms with Crippen molar-refractivity contribution >= 4 is 17.2 Å². The van der Waals surface area contributed by atoms with Gasteiger partial charge in [-0.2, -0.15) is 5.10 Å². The molecule has 0 unspecified atom stereocenters. The molecule has 0 bridgehead atoms. The number of benzene rings is 1. The lowest BCUT2D eigenvalue weighted by Gasteiger charge is -2.08. The Bertz CT molecular complexity index is 1070. The third kappa shape index (κ3) is 3.33. The molecule has 0 atom stereocenters. The van der Waals surface area contributed by atoms with Crippen LogP contribution in [0.2, 0.25) is 0 Å². The fourth-order valence-electron chi connectivity index (χ4n) is 3.18. The van der Waals surface area contributed by atoms with Crippen molar-refractivity contribution in [3.63, 3.8) is 0 Å². The minimum absolute atomic E-state index is 0.623. The molecule has 0 aliphatic carbocycles. The first-order chi connectivity index (χ1) is 13.3. The van der Waals surface area contributed by atoms with Crippen molar-refractivity contribution in [1.29, 1.82) is 0 Å². The molecule has 1 aromatic carbocycles. The van der Waals surface area contributed by atoms with E-state index in [1.54, 1.807) is 6.20 Å². The number of aromatic nitrogens is 4. The summed E-state index contributed by atoms with van der Waals surface area (Å²) in [5.41, 5.74) is 5.91. The van der Waals surface area contributed by atoms with E-state index < -0.39 is 0 Å². The molecule has 3 aromatic heterocycles. The smallest absolute Gasteiger partial charge is 0.223 e. The summed E-state index contributed by atoms with van der Waals surface area (Å²) in [6.45, 7) is 5.77. The van der Waals surface area contributed by atoms with E-state index in [9.17, 15) is 0 Å². The molecule has 0 aliphatic rings. The Hall–Kier alpha value is -3.41. The Kier molecular flexibility index (Phi) is 4.70. The zero-order chi connectivity index (χ0) is 18.6. The Morgan fingerprint density at radius 2 is 1.85 bits per heavy atom. The van der Waals surface area contributed by atoms with E-state index in [2.05, 4.69) is 46.8 Å².